The third-order valence-corrected chi connectivity index (χ3v) is 2.45. The van der Waals surface area contributed by atoms with Gasteiger partial charge in [-0.3, -0.25) is 4.90 Å². The van der Waals surface area contributed by atoms with Crippen LogP contribution in [0.1, 0.15) is 17.1 Å². The minimum atomic E-state index is -0.617. The minimum Gasteiger partial charge on any atom is -0.466 e. The number of aryl methyl sites for hydroxylation is 2. The molecule has 2 heterocycles. The zero-order valence-corrected chi connectivity index (χ0v) is 8.01. The van der Waals surface area contributed by atoms with Crippen molar-refractivity contribution in [3.8, 4) is 0 Å². The van der Waals surface area contributed by atoms with Gasteiger partial charge >= 0.3 is 0 Å². The van der Waals surface area contributed by atoms with Crippen LogP contribution in [0.3, 0.4) is 0 Å². The smallest absolute Gasteiger partial charge is 0.125 e. The summed E-state index contributed by atoms with van der Waals surface area (Å²) in [6.07, 6.45) is -0.617. The van der Waals surface area contributed by atoms with E-state index in [-0.39, 0.29) is 0 Å². The van der Waals surface area contributed by atoms with E-state index >= 15 is 0 Å². The first-order valence-corrected chi connectivity index (χ1v) is 4.57. The number of furan rings is 1. The molecule has 0 aliphatic carbocycles. The predicted molar refractivity (Wildman–Crippen MR) is 48.4 cm³/mol. The van der Waals surface area contributed by atoms with Gasteiger partial charge in [0.25, 0.3) is 0 Å². The van der Waals surface area contributed by atoms with Crippen LogP contribution in [0.2, 0.25) is 0 Å². The highest BCUT2D eigenvalue weighted by Crippen LogP contribution is 2.20. The zero-order valence-electron chi connectivity index (χ0n) is 8.01. The Balaban J connectivity index is 1.98. The Morgan fingerprint density at radius 1 is 1.54 bits per heavy atom. The fourth-order valence-electron chi connectivity index (χ4n) is 1.72. The third-order valence-electron chi connectivity index (χ3n) is 2.45. The average molecular weight is 183 g/mol. The fourth-order valence-corrected chi connectivity index (χ4v) is 1.72. The Labute approximate surface area is 77.3 Å². The summed E-state index contributed by atoms with van der Waals surface area (Å²) < 4.78 is 17.9. The molecule has 0 unspecified atom stereocenters. The molecule has 0 spiro atoms. The van der Waals surface area contributed by atoms with Crippen LogP contribution < -0.4 is 0 Å². The number of halogens is 1. The van der Waals surface area contributed by atoms with Crippen molar-refractivity contribution >= 4 is 0 Å². The van der Waals surface area contributed by atoms with Crippen molar-refractivity contribution in [2.75, 3.05) is 13.1 Å². The lowest BCUT2D eigenvalue weighted by Gasteiger charge is -2.33. The highest BCUT2D eigenvalue weighted by atomic mass is 19.1. The van der Waals surface area contributed by atoms with Gasteiger partial charge in [0.2, 0.25) is 0 Å². The number of nitrogens with zero attached hydrogens (tertiary/aromatic N) is 1. The normalized spacial score (nSPS) is 19.0. The number of likely N-dealkylation sites (tertiary alicyclic amines) is 1. The van der Waals surface area contributed by atoms with Gasteiger partial charge < -0.3 is 4.42 Å². The van der Waals surface area contributed by atoms with Gasteiger partial charge in [-0.05, 0) is 19.9 Å². The SMILES string of the molecule is Cc1cc(CN2CC(F)C2)c(C)o1. The maximum atomic E-state index is 12.5. The second kappa shape index (κ2) is 3.14. The summed E-state index contributed by atoms with van der Waals surface area (Å²) in [4.78, 5) is 2.09. The van der Waals surface area contributed by atoms with E-state index in [9.17, 15) is 4.39 Å². The molecule has 72 valence electrons. The molecule has 3 heteroatoms. The molecule has 0 bridgehead atoms. The first-order chi connectivity index (χ1) is 6.15. The van der Waals surface area contributed by atoms with Crippen molar-refractivity contribution in [1.82, 2.24) is 4.90 Å². The van der Waals surface area contributed by atoms with Crippen LogP contribution in [0, 0.1) is 13.8 Å². The first-order valence-electron chi connectivity index (χ1n) is 4.57. The third kappa shape index (κ3) is 1.75. The molecule has 1 fully saturated rings. The van der Waals surface area contributed by atoms with E-state index < -0.39 is 6.17 Å². The van der Waals surface area contributed by atoms with Gasteiger partial charge in [0.05, 0.1) is 0 Å². The zero-order chi connectivity index (χ0) is 9.42. The van der Waals surface area contributed by atoms with Crippen LogP contribution in [0.4, 0.5) is 4.39 Å². The Morgan fingerprint density at radius 3 is 2.69 bits per heavy atom. The number of rotatable bonds is 2. The standard InChI is InChI=1S/C10H14FNO/c1-7-3-9(8(2)13-7)4-12-5-10(11)6-12/h3,10H,4-6H2,1-2H3. The summed E-state index contributed by atoms with van der Waals surface area (Å²) in [5, 5.41) is 0. The van der Waals surface area contributed by atoms with Crippen molar-refractivity contribution in [1.29, 1.82) is 0 Å². The van der Waals surface area contributed by atoms with Crippen LogP contribution in [0.15, 0.2) is 10.5 Å². The summed E-state index contributed by atoms with van der Waals surface area (Å²) in [5.41, 5.74) is 1.18. The van der Waals surface area contributed by atoms with Crippen LogP contribution >= 0.6 is 0 Å². The molecule has 0 aromatic carbocycles. The van der Waals surface area contributed by atoms with E-state index in [1.807, 2.05) is 19.9 Å². The van der Waals surface area contributed by atoms with Gasteiger partial charge in [-0.1, -0.05) is 0 Å². The minimum absolute atomic E-state index is 0.573. The topological polar surface area (TPSA) is 16.4 Å². The van der Waals surface area contributed by atoms with E-state index in [4.69, 9.17) is 4.42 Å². The molecule has 1 saturated heterocycles. The lowest BCUT2D eigenvalue weighted by Crippen LogP contribution is -2.47. The van der Waals surface area contributed by atoms with Crippen molar-refractivity contribution in [3.63, 3.8) is 0 Å². The van der Waals surface area contributed by atoms with Gasteiger partial charge in [-0.15, -0.1) is 0 Å². The maximum Gasteiger partial charge on any atom is 0.125 e. The molecular weight excluding hydrogens is 169 g/mol. The molecule has 1 aliphatic heterocycles. The molecule has 0 amide bonds. The lowest BCUT2D eigenvalue weighted by atomic mass is 10.1. The van der Waals surface area contributed by atoms with Crippen molar-refractivity contribution in [2.24, 2.45) is 0 Å². The van der Waals surface area contributed by atoms with Crippen LogP contribution in [0.5, 0.6) is 0 Å². The second-order valence-electron chi connectivity index (χ2n) is 3.73. The van der Waals surface area contributed by atoms with Gasteiger partial charge in [-0.25, -0.2) is 4.39 Å². The Hall–Kier alpha value is -0.830. The molecule has 0 radical (unpaired) electrons. The quantitative estimate of drug-likeness (QED) is 0.697. The fraction of sp³-hybridized carbons (Fsp3) is 0.600. The summed E-state index contributed by atoms with van der Waals surface area (Å²) in [6.45, 7) is 5.86. The van der Waals surface area contributed by atoms with Crippen LogP contribution in [-0.2, 0) is 6.54 Å². The molecule has 0 N–H and O–H groups in total. The summed E-state index contributed by atoms with van der Waals surface area (Å²) >= 11 is 0. The largest absolute Gasteiger partial charge is 0.466 e. The lowest BCUT2D eigenvalue weighted by molar-refractivity contribution is 0.0587. The molecule has 0 atom stereocenters. The average Bonchev–Trinajstić information content (AvgIpc) is 2.27. The van der Waals surface area contributed by atoms with E-state index in [0.717, 1.165) is 18.1 Å². The van der Waals surface area contributed by atoms with Crippen molar-refractivity contribution in [3.05, 3.63) is 23.2 Å². The molecule has 2 rings (SSSR count). The molecule has 0 saturated carbocycles. The van der Waals surface area contributed by atoms with Crippen molar-refractivity contribution in [2.45, 2.75) is 26.6 Å². The molecule has 1 aliphatic rings. The summed E-state index contributed by atoms with van der Waals surface area (Å²) in [5.74, 6) is 1.89. The number of alkyl halides is 1. The van der Waals surface area contributed by atoms with Gasteiger partial charge in [0, 0.05) is 25.2 Å². The molecule has 2 nitrogen and oxygen atoms in total. The van der Waals surface area contributed by atoms with Gasteiger partial charge in [0.1, 0.15) is 17.7 Å². The first kappa shape index (κ1) is 8.75. The molecular formula is C10H14FNO. The summed E-state index contributed by atoms with van der Waals surface area (Å²) in [7, 11) is 0. The Morgan fingerprint density at radius 2 is 2.23 bits per heavy atom. The van der Waals surface area contributed by atoms with E-state index in [1.165, 1.54) is 5.56 Å². The van der Waals surface area contributed by atoms with Gasteiger partial charge in [0.15, 0.2) is 0 Å². The Bertz CT molecular complexity index is 302. The predicted octanol–water partition coefficient (Wildman–Crippen LogP) is 2.05. The molecule has 13 heavy (non-hydrogen) atoms. The number of hydrogen-bond donors (Lipinski definition) is 0. The van der Waals surface area contributed by atoms with Crippen molar-refractivity contribution < 1.29 is 8.81 Å². The van der Waals surface area contributed by atoms with E-state index in [2.05, 4.69) is 4.90 Å². The summed E-state index contributed by atoms with van der Waals surface area (Å²) in [6, 6.07) is 2.03. The molecule has 1 aromatic heterocycles. The number of hydrogen-bond acceptors (Lipinski definition) is 2. The van der Waals surface area contributed by atoms with E-state index in [1.54, 1.807) is 0 Å². The van der Waals surface area contributed by atoms with E-state index in [0.29, 0.717) is 13.1 Å². The maximum absolute atomic E-state index is 12.5. The second-order valence-corrected chi connectivity index (χ2v) is 3.73. The molecule has 1 aromatic rings. The van der Waals surface area contributed by atoms with Crippen LogP contribution in [-0.4, -0.2) is 24.2 Å². The van der Waals surface area contributed by atoms with Gasteiger partial charge in [-0.2, -0.15) is 0 Å². The van der Waals surface area contributed by atoms with Crippen LogP contribution in [0.25, 0.3) is 0 Å². The Kier molecular flexibility index (Phi) is 2.12. The highest BCUT2D eigenvalue weighted by molar-refractivity contribution is 5.20. The highest BCUT2D eigenvalue weighted by Gasteiger charge is 2.26. The monoisotopic (exact) mass is 183 g/mol.